The number of nitrogens with zero attached hydrogens (tertiary/aromatic N) is 2. The predicted molar refractivity (Wildman–Crippen MR) is 101 cm³/mol. The molecule has 1 aromatic heterocycles. The molecule has 0 aliphatic carbocycles. The van der Waals surface area contributed by atoms with Crippen molar-refractivity contribution >= 4 is 5.91 Å². The number of halogens is 6. The standard InChI is InChI=1S/C22H13F6N3O/c23-21(24,25)15-9-7-13(8-10-15)18(19-17(22(26,27)28)6-3-11-30-19)31-20(32)16-5-2-1-4-14(16)12-29/h1-11,18H,(H,31,32)/t18-/m0/s1. The fraction of sp³-hybridized carbons (Fsp3) is 0.136. The lowest BCUT2D eigenvalue weighted by molar-refractivity contribution is -0.139. The number of rotatable bonds is 4. The number of pyridine rings is 1. The Hall–Kier alpha value is -3.87. The van der Waals surface area contributed by atoms with E-state index in [2.05, 4.69) is 10.3 Å². The summed E-state index contributed by atoms with van der Waals surface area (Å²) in [5, 5.41) is 11.6. The number of nitriles is 1. The minimum absolute atomic E-state index is 0.0202. The van der Waals surface area contributed by atoms with Crippen molar-refractivity contribution in [2.75, 3.05) is 0 Å². The lowest BCUT2D eigenvalue weighted by Gasteiger charge is -2.23. The molecule has 4 nitrogen and oxygen atoms in total. The van der Waals surface area contributed by atoms with Crippen LogP contribution in [-0.4, -0.2) is 10.9 Å². The summed E-state index contributed by atoms with van der Waals surface area (Å²) in [7, 11) is 0. The van der Waals surface area contributed by atoms with Crippen LogP contribution < -0.4 is 5.32 Å². The van der Waals surface area contributed by atoms with Gasteiger partial charge in [0.25, 0.3) is 5.91 Å². The van der Waals surface area contributed by atoms with Crippen molar-refractivity contribution in [2.45, 2.75) is 18.4 Å². The second-order valence-corrected chi connectivity index (χ2v) is 6.62. The van der Waals surface area contributed by atoms with Gasteiger partial charge in [0.05, 0.1) is 40.1 Å². The molecule has 0 radical (unpaired) electrons. The van der Waals surface area contributed by atoms with E-state index in [4.69, 9.17) is 0 Å². The first-order chi connectivity index (χ1) is 15.0. The number of alkyl halides is 6. The molecule has 3 rings (SSSR count). The number of carbonyl (C=O) groups is 1. The van der Waals surface area contributed by atoms with Gasteiger partial charge in [-0.25, -0.2) is 0 Å². The maximum absolute atomic E-state index is 13.6. The zero-order valence-electron chi connectivity index (χ0n) is 16.0. The number of aromatic nitrogens is 1. The Morgan fingerprint density at radius 2 is 1.56 bits per heavy atom. The topological polar surface area (TPSA) is 65.8 Å². The number of hydrogen-bond donors (Lipinski definition) is 1. The van der Waals surface area contributed by atoms with Gasteiger partial charge in [-0.15, -0.1) is 0 Å². The minimum Gasteiger partial charge on any atom is -0.339 e. The Morgan fingerprint density at radius 3 is 2.16 bits per heavy atom. The molecule has 164 valence electrons. The Bertz CT molecular complexity index is 1160. The van der Waals surface area contributed by atoms with E-state index in [1.165, 1.54) is 24.3 Å². The first-order valence-electron chi connectivity index (χ1n) is 9.01. The Kier molecular flexibility index (Phi) is 6.20. The molecule has 1 atom stereocenters. The third-order valence-electron chi connectivity index (χ3n) is 4.56. The van der Waals surface area contributed by atoms with E-state index in [0.717, 1.165) is 30.5 Å². The van der Waals surface area contributed by atoms with E-state index in [9.17, 15) is 36.4 Å². The van der Waals surface area contributed by atoms with Crippen molar-refractivity contribution in [3.63, 3.8) is 0 Å². The van der Waals surface area contributed by atoms with Gasteiger partial charge in [0, 0.05) is 6.20 Å². The lowest BCUT2D eigenvalue weighted by Crippen LogP contribution is -2.32. The molecule has 0 bridgehead atoms. The van der Waals surface area contributed by atoms with Gasteiger partial charge in [0.15, 0.2) is 0 Å². The first kappa shape index (κ1) is 22.8. The van der Waals surface area contributed by atoms with E-state index in [0.29, 0.717) is 12.1 Å². The highest BCUT2D eigenvalue weighted by Gasteiger charge is 2.37. The normalized spacial score (nSPS) is 12.7. The second-order valence-electron chi connectivity index (χ2n) is 6.62. The molecule has 0 saturated heterocycles. The van der Waals surface area contributed by atoms with Crippen molar-refractivity contribution in [1.82, 2.24) is 10.3 Å². The molecular weight excluding hydrogens is 436 g/mol. The molecule has 0 fully saturated rings. The Morgan fingerprint density at radius 1 is 0.906 bits per heavy atom. The summed E-state index contributed by atoms with van der Waals surface area (Å²) in [5.41, 5.74) is -2.92. The van der Waals surface area contributed by atoms with Crippen LogP contribution in [0.3, 0.4) is 0 Å². The molecule has 1 heterocycles. The average molecular weight is 449 g/mol. The summed E-state index contributed by atoms with van der Waals surface area (Å²) in [5.74, 6) is -0.883. The van der Waals surface area contributed by atoms with E-state index in [-0.39, 0.29) is 16.7 Å². The van der Waals surface area contributed by atoms with Crippen LogP contribution in [0.15, 0.2) is 66.9 Å². The van der Waals surface area contributed by atoms with Gasteiger partial charge in [-0.3, -0.25) is 9.78 Å². The molecule has 0 aliphatic rings. The molecule has 0 aliphatic heterocycles. The molecule has 0 saturated carbocycles. The highest BCUT2D eigenvalue weighted by molar-refractivity contribution is 5.97. The SMILES string of the molecule is N#Cc1ccccc1C(=O)N[C@@H](c1ccc(C(F)(F)F)cc1)c1ncccc1C(F)(F)F. The van der Waals surface area contributed by atoms with Crippen LogP contribution in [0.1, 0.15) is 44.3 Å². The minimum atomic E-state index is -4.83. The van der Waals surface area contributed by atoms with Crippen molar-refractivity contribution in [3.05, 3.63) is 100 Å². The summed E-state index contributed by atoms with van der Waals surface area (Å²) in [6.07, 6.45) is -8.40. The number of hydrogen-bond acceptors (Lipinski definition) is 3. The summed E-state index contributed by atoms with van der Waals surface area (Å²) in [6.45, 7) is 0. The number of nitrogens with one attached hydrogen (secondary N) is 1. The zero-order chi connectivity index (χ0) is 23.5. The summed E-state index contributed by atoms with van der Waals surface area (Å²) in [4.78, 5) is 16.6. The largest absolute Gasteiger partial charge is 0.418 e. The first-order valence-corrected chi connectivity index (χ1v) is 9.01. The summed E-state index contributed by atoms with van der Waals surface area (Å²) >= 11 is 0. The zero-order valence-corrected chi connectivity index (χ0v) is 16.0. The van der Waals surface area contributed by atoms with Gasteiger partial charge in [0.1, 0.15) is 0 Å². The molecule has 1 N–H and O–H groups in total. The van der Waals surface area contributed by atoms with Gasteiger partial charge in [-0.05, 0) is 42.0 Å². The molecular formula is C22H13F6N3O. The third-order valence-corrected chi connectivity index (χ3v) is 4.56. The smallest absolute Gasteiger partial charge is 0.339 e. The van der Waals surface area contributed by atoms with Crippen LogP contribution in [0.4, 0.5) is 26.3 Å². The van der Waals surface area contributed by atoms with Crippen LogP contribution in [-0.2, 0) is 12.4 Å². The van der Waals surface area contributed by atoms with Crippen molar-refractivity contribution in [3.8, 4) is 6.07 Å². The Labute approximate surface area is 178 Å². The van der Waals surface area contributed by atoms with Crippen LogP contribution in [0.5, 0.6) is 0 Å². The maximum atomic E-state index is 13.6. The van der Waals surface area contributed by atoms with E-state index >= 15 is 0 Å². The molecule has 1 amide bonds. The molecule has 0 unspecified atom stereocenters. The molecule has 10 heteroatoms. The number of carbonyl (C=O) groups excluding carboxylic acids is 1. The van der Waals surface area contributed by atoms with Crippen LogP contribution >= 0.6 is 0 Å². The summed E-state index contributed by atoms with van der Waals surface area (Å²) in [6, 6.07) is 11.1. The van der Waals surface area contributed by atoms with Crippen LogP contribution in [0.25, 0.3) is 0 Å². The fourth-order valence-electron chi connectivity index (χ4n) is 3.05. The number of amides is 1. The summed E-state index contributed by atoms with van der Waals surface area (Å²) < 4.78 is 79.5. The van der Waals surface area contributed by atoms with Gasteiger partial charge >= 0.3 is 12.4 Å². The van der Waals surface area contributed by atoms with E-state index in [1.54, 1.807) is 0 Å². The van der Waals surface area contributed by atoms with Gasteiger partial charge in [0.2, 0.25) is 0 Å². The lowest BCUT2D eigenvalue weighted by atomic mass is 9.97. The van der Waals surface area contributed by atoms with Gasteiger partial charge < -0.3 is 5.32 Å². The Balaban J connectivity index is 2.11. The second kappa shape index (κ2) is 8.70. The molecule has 2 aromatic carbocycles. The number of benzene rings is 2. The monoisotopic (exact) mass is 449 g/mol. The molecule has 0 spiro atoms. The highest BCUT2D eigenvalue weighted by atomic mass is 19.4. The average Bonchev–Trinajstić information content (AvgIpc) is 2.76. The van der Waals surface area contributed by atoms with Crippen LogP contribution in [0.2, 0.25) is 0 Å². The molecule has 3 aromatic rings. The van der Waals surface area contributed by atoms with Gasteiger partial charge in [-0.2, -0.15) is 31.6 Å². The quantitative estimate of drug-likeness (QED) is 0.534. The van der Waals surface area contributed by atoms with Crippen molar-refractivity contribution < 1.29 is 31.1 Å². The van der Waals surface area contributed by atoms with Crippen molar-refractivity contribution in [2.24, 2.45) is 0 Å². The van der Waals surface area contributed by atoms with E-state index < -0.39 is 41.1 Å². The maximum Gasteiger partial charge on any atom is 0.418 e. The third kappa shape index (κ3) is 4.88. The van der Waals surface area contributed by atoms with Gasteiger partial charge in [-0.1, -0.05) is 24.3 Å². The van der Waals surface area contributed by atoms with Crippen LogP contribution in [0, 0.1) is 11.3 Å². The highest BCUT2D eigenvalue weighted by Crippen LogP contribution is 2.36. The van der Waals surface area contributed by atoms with Crippen molar-refractivity contribution in [1.29, 1.82) is 5.26 Å². The predicted octanol–water partition coefficient (Wildman–Crippen LogP) is 5.51. The van der Waals surface area contributed by atoms with E-state index in [1.807, 2.05) is 6.07 Å². The molecule has 32 heavy (non-hydrogen) atoms. The fourth-order valence-corrected chi connectivity index (χ4v) is 3.05.